The number of ether oxygens (including phenoxy) is 1. The minimum Gasteiger partial charge on any atom is -0.468 e. The standard InChI is InChI=1S/C24H28N6O2/c1-7-30-16(3)17(12-25-30)13-28(4)23(31)19-11-21(22-14-29(5)24(27-22)32-6)26-20-10-15(2)8-9-18(19)20/h8-12,14H,7,13H2,1-6H3. The third-order valence-electron chi connectivity index (χ3n) is 5.73. The first-order valence-electron chi connectivity index (χ1n) is 10.6. The van der Waals surface area contributed by atoms with E-state index in [0.717, 1.165) is 34.3 Å². The van der Waals surface area contributed by atoms with Crippen LogP contribution in [0.4, 0.5) is 0 Å². The molecule has 0 unspecified atom stereocenters. The molecule has 32 heavy (non-hydrogen) atoms. The molecule has 4 aromatic rings. The van der Waals surface area contributed by atoms with Gasteiger partial charge in [-0.05, 0) is 38.5 Å². The number of hydrogen-bond donors (Lipinski definition) is 0. The lowest BCUT2D eigenvalue weighted by Crippen LogP contribution is -2.26. The highest BCUT2D eigenvalue weighted by molar-refractivity contribution is 6.07. The number of rotatable bonds is 6. The summed E-state index contributed by atoms with van der Waals surface area (Å²) >= 11 is 0. The molecule has 166 valence electrons. The van der Waals surface area contributed by atoms with Crippen LogP contribution in [-0.2, 0) is 20.1 Å². The molecular weight excluding hydrogens is 404 g/mol. The van der Waals surface area contributed by atoms with Crippen LogP contribution in [0.2, 0.25) is 0 Å². The predicted octanol–water partition coefficient (Wildman–Crippen LogP) is 3.75. The quantitative estimate of drug-likeness (QED) is 0.464. The molecule has 8 nitrogen and oxygen atoms in total. The zero-order chi connectivity index (χ0) is 23.0. The summed E-state index contributed by atoms with van der Waals surface area (Å²) in [5, 5.41) is 5.22. The van der Waals surface area contributed by atoms with Crippen molar-refractivity contribution in [1.82, 2.24) is 29.2 Å². The number of fused-ring (bicyclic) bond motifs is 1. The molecule has 0 aliphatic rings. The fraction of sp³-hybridized carbons (Fsp3) is 0.333. The highest BCUT2D eigenvalue weighted by Crippen LogP contribution is 2.27. The van der Waals surface area contributed by atoms with Crippen LogP contribution in [0.5, 0.6) is 6.01 Å². The van der Waals surface area contributed by atoms with Crippen molar-refractivity contribution in [3.05, 3.63) is 59.0 Å². The van der Waals surface area contributed by atoms with Crippen LogP contribution in [0.15, 0.2) is 36.7 Å². The number of pyridine rings is 1. The molecule has 0 bridgehead atoms. The SMILES string of the molecule is CCn1ncc(CN(C)C(=O)c2cc(-c3cn(C)c(OC)n3)nc3cc(C)ccc23)c1C. The second-order valence-electron chi connectivity index (χ2n) is 8.03. The molecule has 8 heteroatoms. The molecule has 0 aliphatic heterocycles. The van der Waals surface area contributed by atoms with E-state index >= 15 is 0 Å². The number of hydrogen-bond acceptors (Lipinski definition) is 5. The van der Waals surface area contributed by atoms with Crippen molar-refractivity contribution in [3.63, 3.8) is 0 Å². The van der Waals surface area contributed by atoms with Crippen LogP contribution in [0.3, 0.4) is 0 Å². The average molecular weight is 433 g/mol. The number of carbonyl (C=O) groups excluding carboxylic acids is 1. The lowest BCUT2D eigenvalue weighted by Gasteiger charge is -2.19. The van der Waals surface area contributed by atoms with E-state index in [1.54, 1.807) is 16.6 Å². The van der Waals surface area contributed by atoms with E-state index in [9.17, 15) is 4.79 Å². The third kappa shape index (κ3) is 3.84. The largest absolute Gasteiger partial charge is 0.468 e. The predicted molar refractivity (Wildman–Crippen MR) is 124 cm³/mol. The Balaban J connectivity index is 1.77. The molecule has 1 aromatic carbocycles. The highest BCUT2D eigenvalue weighted by atomic mass is 16.5. The molecule has 0 saturated heterocycles. The van der Waals surface area contributed by atoms with Crippen LogP contribution in [0.1, 0.15) is 34.1 Å². The topological polar surface area (TPSA) is 78.1 Å². The van der Waals surface area contributed by atoms with Gasteiger partial charge in [-0.1, -0.05) is 12.1 Å². The van der Waals surface area contributed by atoms with Gasteiger partial charge >= 0.3 is 0 Å². The number of aryl methyl sites for hydroxylation is 3. The Hall–Kier alpha value is -3.68. The van der Waals surface area contributed by atoms with Crippen LogP contribution in [0, 0.1) is 13.8 Å². The van der Waals surface area contributed by atoms with Gasteiger partial charge in [0.05, 0.1) is 30.1 Å². The summed E-state index contributed by atoms with van der Waals surface area (Å²) in [7, 11) is 5.25. The normalized spacial score (nSPS) is 11.2. The van der Waals surface area contributed by atoms with Crippen molar-refractivity contribution in [1.29, 1.82) is 0 Å². The summed E-state index contributed by atoms with van der Waals surface area (Å²) in [4.78, 5) is 24.6. The Labute approximate surface area is 187 Å². The van der Waals surface area contributed by atoms with Gasteiger partial charge in [-0.3, -0.25) is 9.48 Å². The van der Waals surface area contributed by atoms with Gasteiger partial charge in [-0.15, -0.1) is 0 Å². The first kappa shape index (κ1) is 21.5. The summed E-state index contributed by atoms with van der Waals surface area (Å²) in [6, 6.07) is 8.26. The number of nitrogens with zero attached hydrogens (tertiary/aromatic N) is 6. The molecule has 0 spiro atoms. The second-order valence-corrected chi connectivity index (χ2v) is 8.03. The molecule has 3 heterocycles. The number of methoxy groups -OCH3 is 1. The minimum atomic E-state index is -0.0750. The smallest absolute Gasteiger partial charge is 0.296 e. The molecule has 0 aliphatic carbocycles. The number of benzene rings is 1. The summed E-state index contributed by atoms with van der Waals surface area (Å²) in [6.45, 7) is 7.38. The van der Waals surface area contributed by atoms with Gasteiger partial charge in [0.15, 0.2) is 0 Å². The van der Waals surface area contributed by atoms with E-state index in [2.05, 4.69) is 17.0 Å². The van der Waals surface area contributed by atoms with Crippen molar-refractivity contribution in [2.24, 2.45) is 7.05 Å². The highest BCUT2D eigenvalue weighted by Gasteiger charge is 2.20. The van der Waals surface area contributed by atoms with Crippen molar-refractivity contribution < 1.29 is 9.53 Å². The molecule has 0 saturated carbocycles. The summed E-state index contributed by atoms with van der Waals surface area (Å²) in [5.41, 5.74) is 5.83. The molecule has 1 amide bonds. The number of amides is 1. The van der Waals surface area contributed by atoms with Gasteiger partial charge in [0.1, 0.15) is 5.69 Å². The second kappa shape index (κ2) is 8.45. The van der Waals surface area contributed by atoms with Crippen LogP contribution < -0.4 is 4.74 Å². The van der Waals surface area contributed by atoms with E-state index in [1.165, 1.54) is 0 Å². The lowest BCUT2D eigenvalue weighted by molar-refractivity contribution is 0.0787. The molecule has 4 rings (SSSR count). The Morgan fingerprint density at radius 1 is 1.16 bits per heavy atom. The van der Waals surface area contributed by atoms with Crippen LogP contribution in [0.25, 0.3) is 22.3 Å². The third-order valence-corrected chi connectivity index (χ3v) is 5.73. The Morgan fingerprint density at radius 3 is 2.59 bits per heavy atom. The first-order valence-corrected chi connectivity index (χ1v) is 10.6. The van der Waals surface area contributed by atoms with E-state index in [1.807, 2.05) is 69.3 Å². The van der Waals surface area contributed by atoms with Crippen LogP contribution in [-0.4, -0.2) is 49.3 Å². The summed E-state index contributed by atoms with van der Waals surface area (Å²) in [5.74, 6) is -0.0750. The first-order chi connectivity index (χ1) is 15.3. The zero-order valence-corrected chi connectivity index (χ0v) is 19.4. The van der Waals surface area contributed by atoms with Gasteiger partial charge in [0.2, 0.25) is 0 Å². The van der Waals surface area contributed by atoms with Crippen LogP contribution >= 0.6 is 0 Å². The molecule has 3 aromatic heterocycles. The maximum Gasteiger partial charge on any atom is 0.296 e. The number of aromatic nitrogens is 5. The molecule has 0 fully saturated rings. The van der Waals surface area contributed by atoms with E-state index in [4.69, 9.17) is 9.72 Å². The number of carbonyl (C=O) groups is 1. The maximum atomic E-state index is 13.6. The minimum absolute atomic E-state index is 0.0750. The fourth-order valence-corrected chi connectivity index (χ4v) is 3.90. The van der Waals surface area contributed by atoms with E-state index in [0.29, 0.717) is 29.5 Å². The van der Waals surface area contributed by atoms with E-state index in [-0.39, 0.29) is 5.91 Å². The van der Waals surface area contributed by atoms with Gasteiger partial charge in [-0.2, -0.15) is 10.1 Å². The Bertz CT molecular complexity index is 1300. The van der Waals surface area contributed by atoms with Crippen molar-refractivity contribution >= 4 is 16.8 Å². The molecule has 0 atom stereocenters. The van der Waals surface area contributed by atoms with Gasteiger partial charge in [0, 0.05) is 50.0 Å². The molecule has 0 N–H and O–H groups in total. The maximum absolute atomic E-state index is 13.6. The molecule has 0 radical (unpaired) electrons. The zero-order valence-electron chi connectivity index (χ0n) is 19.4. The van der Waals surface area contributed by atoms with Crippen molar-refractivity contribution in [2.45, 2.75) is 33.9 Å². The Kier molecular flexibility index (Phi) is 5.69. The summed E-state index contributed by atoms with van der Waals surface area (Å²) < 4.78 is 9.03. The Morgan fingerprint density at radius 2 is 1.94 bits per heavy atom. The lowest BCUT2D eigenvalue weighted by atomic mass is 10.0. The van der Waals surface area contributed by atoms with Crippen molar-refractivity contribution in [2.75, 3.05) is 14.2 Å². The number of imidazole rings is 1. The monoisotopic (exact) mass is 432 g/mol. The van der Waals surface area contributed by atoms with Gasteiger partial charge in [0.25, 0.3) is 11.9 Å². The average Bonchev–Trinajstić information content (AvgIpc) is 3.33. The van der Waals surface area contributed by atoms with E-state index < -0.39 is 0 Å². The van der Waals surface area contributed by atoms with Gasteiger partial charge in [-0.25, -0.2) is 4.98 Å². The molecular formula is C24H28N6O2. The van der Waals surface area contributed by atoms with Crippen molar-refractivity contribution in [3.8, 4) is 17.4 Å². The fourth-order valence-electron chi connectivity index (χ4n) is 3.90. The van der Waals surface area contributed by atoms with Gasteiger partial charge < -0.3 is 14.2 Å². The summed E-state index contributed by atoms with van der Waals surface area (Å²) in [6.07, 6.45) is 3.69.